The standard InChI is InChI=1S/4CH2O.Fe.2H/c4*1-2;;;/h4*1H2;;;/q;;;;+2;2*-1. The van der Waals surface area contributed by atoms with Gasteiger partial charge in [-0.05, 0) is 0 Å². The summed E-state index contributed by atoms with van der Waals surface area (Å²) in [5.74, 6) is 0. The number of rotatable bonds is 0. The first-order chi connectivity index (χ1) is 4.00. The Kier molecular flexibility index (Phi) is 1990. The molecule has 0 aliphatic carbocycles. The Morgan fingerprint density at radius 3 is 0.556 bits per heavy atom. The van der Waals surface area contributed by atoms with Gasteiger partial charge in [0, 0.05) is 0 Å². The quantitative estimate of drug-likeness (QED) is 0.468. The minimum atomic E-state index is 0. The van der Waals surface area contributed by atoms with Gasteiger partial charge in [-0.3, -0.25) is 0 Å². The third kappa shape index (κ3) is 304. The average Bonchev–Trinajstić information content (AvgIpc) is 2.03. The summed E-state index contributed by atoms with van der Waals surface area (Å²) >= 11 is 0. The van der Waals surface area contributed by atoms with Crippen molar-refractivity contribution in [2.45, 2.75) is 0 Å². The van der Waals surface area contributed by atoms with Crippen molar-refractivity contribution in [1.82, 2.24) is 0 Å². The van der Waals surface area contributed by atoms with Crippen LogP contribution < -0.4 is 0 Å². The van der Waals surface area contributed by atoms with E-state index < -0.39 is 0 Å². The molecule has 4 nitrogen and oxygen atoms in total. The van der Waals surface area contributed by atoms with Crippen LogP contribution in [0.3, 0.4) is 0 Å². The number of hydrogen-bond acceptors (Lipinski definition) is 4. The van der Waals surface area contributed by atoms with Gasteiger partial charge in [0.05, 0.1) is 0 Å². The average molecular weight is 178 g/mol. The van der Waals surface area contributed by atoms with E-state index in [-0.39, 0.29) is 19.9 Å². The summed E-state index contributed by atoms with van der Waals surface area (Å²) in [4.78, 5) is 32.0. The van der Waals surface area contributed by atoms with Crippen molar-refractivity contribution < 1.29 is 39.1 Å². The molecule has 0 radical (unpaired) electrons. The van der Waals surface area contributed by atoms with Gasteiger partial charge in [0.25, 0.3) is 0 Å². The third-order valence-corrected chi connectivity index (χ3v) is 0. The molecular formula is C4H10FeO4. The summed E-state index contributed by atoms with van der Waals surface area (Å²) in [6.07, 6.45) is 0. The molecule has 0 aliphatic rings. The molecule has 0 bridgehead atoms. The Bertz CT molecular complexity index is 28.1. The monoisotopic (exact) mass is 178 g/mol. The van der Waals surface area contributed by atoms with Gasteiger partial charge in [0.15, 0.2) is 0 Å². The van der Waals surface area contributed by atoms with Gasteiger partial charge in [-0.15, -0.1) is 0 Å². The fourth-order valence-electron chi connectivity index (χ4n) is 0. The zero-order valence-electron chi connectivity index (χ0n) is 6.81. The smallest absolute Gasteiger partial charge is 1.00 e. The van der Waals surface area contributed by atoms with Crippen LogP contribution in [0.15, 0.2) is 0 Å². The van der Waals surface area contributed by atoms with Gasteiger partial charge < -0.3 is 22.0 Å². The SMILES string of the molecule is C=O.C=O.C=O.C=O.[Fe+2].[H-].[H-]. The number of hydrogen-bond donors (Lipinski definition) is 0. The predicted octanol–water partition coefficient (Wildman–Crippen LogP) is -0.517. The van der Waals surface area contributed by atoms with Gasteiger partial charge in [-0.25, -0.2) is 0 Å². The third-order valence-electron chi connectivity index (χ3n) is 0. The van der Waals surface area contributed by atoms with E-state index in [0.29, 0.717) is 0 Å². The molecular weight excluding hydrogens is 168 g/mol. The van der Waals surface area contributed by atoms with Gasteiger partial charge in [-0.1, -0.05) is 0 Å². The predicted molar refractivity (Wildman–Crippen MR) is 30.7 cm³/mol. The second-order valence-corrected chi connectivity index (χ2v) is 0. The van der Waals surface area contributed by atoms with Gasteiger partial charge in [0.1, 0.15) is 27.2 Å². The normalized spacial score (nSPS) is 1.78. The Labute approximate surface area is 67.1 Å². The van der Waals surface area contributed by atoms with Gasteiger partial charge in [-0.2, -0.15) is 0 Å². The number of carbonyl (C=O) groups is 4. The molecule has 0 unspecified atom stereocenters. The zero-order valence-corrected chi connectivity index (χ0v) is 5.92. The Morgan fingerprint density at radius 2 is 0.556 bits per heavy atom. The number of carbonyl (C=O) groups excluding carboxylic acids is 4. The Hall–Kier alpha value is -0.801. The van der Waals surface area contributed by atoms with Crippen LogP contribution in [0.2, 0.25) is 0 Å². The molecule has 0 heterocycles. The first kappa shape index (κ1) is 41.5. The molecule has 5 heteroatoms. The maximum atomic E-state index is 8.00. The summed E-state index contributed by atoms with van der Waals surface area (Å²) in [5.41, 5.74) is 0. The van der Waals surface area contributed by atoms with E-state index in [1.165, 1.54) is 0 Å². The molecule has 0 atom stereocenters. The van der Waals surface area contributed by atoms with E-state index in [1.807, 2.05) is 27.2 Å². The van der Waals surface area contributed by atoms with Crippen LogP contribution >= 0.6 is 0 Å². The van der Waals surface area contributed by atoms with Crippen LogP contribution in [-0.2, 0) is 36.2 Å². The van der Waals surface area contributed by atoms with Gasteiger partial charge >= 0.3 is 17.1 Å². The largest absolute Gasteiger partial charge is 2.00 e. The molecule has 0 amide bonds. The van der Waals surface area contributed by atoms with E-state index in [2.05, 4.69) is 0 Å². The van der Waals surface area contributed by atoms with Crippen molar-refractivity contribution in [2.75, 3.05) is 0 Å². The molecule has 9 heavy (non-hydrogen) atoms. The van der Waals surface area contributed by atoms with E-state index in [1.54, 1.807) is 0 Å². The molecule has 0 saturated heterocycles. The molecule has 0 aromatic heterocycles. The van der Waals surface area contributed by atoms with Gasteiger partial charge in [0.2, 0.25) is 0 Å². The van der Waals surface area contributed by atoms with Crippen molar-refractivity contribution in [3.8, 4) is 0 Å². The van der Waals surface area contributed by atoms with Crippen LogP contribution in [0.5, 0.6) is 0 Å². The van der Waals surface area contributed by atoms with Crippen LogP contribution in [0.25, 0.3) is 0 Å². The molecule has 0 rings (SSSR count). The second kappa shape index (κ2) is 432. The van der Waals surface area contributed by atoms with Crippen molar-refractivity contribution in [2.24, 2.45) is 0 Å². The molecule has 58 valence electrons. The Morgan fingerprint density at radius 1 is 0.556 bits per heavy atom. The molecule has 0 spiro atoms. The maximum Gasteiger partial charge on any atom is 2.00 e. The fourth-order valence-corrected chi connectivity index (χ4v) is 0. The first-order valence-electron chi connectivity index (χ1n) is 1.15. The van der Waals surface area contributed by atoms with Crippen molar-refractivity contribution in [1.29, 1.82) is 0 Å². The Balaban J connectivity index is -0.00000000356. The van der Waals surface area contributed by atoms with Crippen LogP contribution in [-0.4, -0.2) is 27.2 Å². The fraction of sp³-hybridized carbons (Fsp3) is 0. The molecule has 0 fully saturated rings. The maximum absolute atomic E-state index is 8.00. The van der Waals surface area contributed by atoms with Crippen molar-refractivity contribution >= 4 is 27.2 Å². The molecule has 0 N–H and O–H groups in total. The zero-order chi connectivity index (χ0) is 8.00. The van der Waals surface area contributed by atoms with Crippen LogP contribution in [0.4, 0.5) is 0 Å². The summed E-state index contributed by atoms with van der Waals surface area (Å²) in [7, 11) is 0. The molecule has 0 saturated carbocycles. The van der Waals surface area contributed by atoms with Crippen LogP contribution in [0, 0.1) is 0 Å². The molecule has 0 aromatic rings. The second-order valence-electron chi connectivity index (χ2n) is 0. The topological polar surface area (TPSA) is 68.3 Å². The minimum absolute atomic E-state index is 0. The van der Waals surface area contributed by atoms with E-state index in [4.69, 9.17) is 19.2 Å². The first-order valence-corrected chi connectivity index (χ1v) is 1.15. The van der Waals surface area contributed by atoms with E-state index in [9.17, 15) is 0 Å². The summed E-state index contributed by atoms with van der Waals surface area (Å²) in [5, 5.41) is 0. The minimum Gasteiger partial charge on any atom is -1.00 e. The summed E-state index contributed by atoms with van der Waals surface area (Å²) in [6.45, 7) is 8.00. The van der Waals surface area contributed by atoms with Crippen molar-refractivity contribution in [3.05, 3.63) is 0 Å². The van der Waals surface area contributed by atoms with Crippen molar-refractivity contribution in [3.63, 3.8) is 0 Å². The summed E-state index contributed by atoms with van der Waals surface area (Å²) in [6, 6.07) is 0. The molecule has 0 aromatic carbocycles. The van der Waals surface area contributed by atoms with E-state index >= 15 is 0 Å². The van der Waals surface area contributed by atoms with E-state index in [0.717, 1.165) is 0 Å². The molecule has 0 aliphatic heterocycles. The van der Waals surface area contributed by atoms with Crippen LogP contribution in [0.1, 0.15) is 2.85 Å². The summed E-state index contributed by atoms with van der Waals surface area (Å²) < 4.78 is 0.